The van der Waals surface area contributed by atoms with Crippen molar-refractivity contribution in [2.45, 2.75) is 0 Å². The third kappa shape index (κ3) is 3.35. The fourth-order valence-corrected chi connectivity index (χ4v) is 7.84. The Kier molecular flexibility index (Phi) is 5.35. The maximum Gasteiger partial charge on any atom is 0.195 e. The second kappa shape index (κ2) is 9.67. The maximum absolute atomic E-state index is 14.9. The van der Waals surface area contributed by atoms with Gasteiger partial charge in [0.15, 0.2) is 16.3 Å². The number of fused-ring (bicyclic) bond motifs is 12. The molecule has 0 saturated carbocycles. The van der Waals surface area contributed by atoms with E-state index in [4.69, 9.17) is 0 Å². The zero-order valence-corrected chi connectivity index (χ0v) is 25.2. The van der Waals surface area contributed by atoms with Crippen LogP contribution in [0.2, 0.25) is 0 Å². The summed E-state index contributed by atoms with van der Waals surface area (Å²) >= 11 is 0. The molecule has 0 radical (unpaired) electrons. The van der Waals surface area contributed by atoms with E-state index in [1.54, 1.807) is 18.6 Å². The Labute approximate surface area is 271 Å². The highest BCUT2D eigenvalue weighted by atomic mass is 16.1. The number of hydrogen-bond donors (Lipinski definition) is 0. The molecule has 0 spiro atoms. The molecule has 10 rings (SSSR count). The molecule has 10 aromatic rings. The van der Waals surface area contributed by atoms with Gasteiger partial charge in [0.2, 0.25) is 0 Å². The fourth-order valence-electron chi connectivity index (χ4n) is 7.84. The predicted octanol–water partition coefficient (Wildman–Crippen LogP) is 8.19. The first kappa shape index (κ1) is 26.5. The van der Waals surface area contributed by atoms with Crippen molar-refractivity contribution in [1.29, 1.82) is 0 Å². The molecule has 6 heteroatoms. The molecule has 0 saturated heterocycles. The first-order chi connectivity index (χ1) is 23.6. The molecule has 0 aliphatic rings. The predicted molar refractivity (Wildman–Crippen MR) is 194 cm³/mol. The van der Waals surface area contributed by atoms with Gasteiger partial charge in [-0.25, -0.2) is 0 Å². The zero-order chi connectivity index (χ0) is 32.1. The van der Waals surface area contributed by atoms with Gasteiger partial charge < -0.3 is 0 Å². The molecule has 222 valence electrons. The third-order valence-electron chi connectivity index (χ3n) is 9.69. The van der Waals surface area contributed by atoms with E-state index >= 15 is 0 Å². The van der Waals surface area contributed by atoms with Crippen molar-refractivity contribution in [3.05, 3.63) is 158 Å². The lowest BCUT2D eigenvalue weighted by Gasteiger charge is -2.03. The van der Waals surface area contributed by atoms with Gasteiger partial charge in [-0.1, -0.05) is 72.8 Å². The molecular weight excluding hydrogens is 594 g/mol. The maximum atomic E-state index is 14.9. The van der Waals surface area contributed by atoms with Crippen molar-refractivity contribution < 1.29 is 0 Å². The number of benzene rings is 4. The summed E-state index contributed by atoms with van der Waals surface area (Å²) < 4.78 is 0. The average Bonchev–Trinajstić information content (AvgIpc) is 3.73. The van der Waals surface area contributed by atoms with Gasteiger partial charge in [-0.15, -0.1) is 0 Å². The normalized spacial score (nSPS) is 12.0. The van der Waals surface area contributed by atoms with E-state index in [0.29, 0.717) is 98.4 Å². The van der Waals surface area contributed by atoms with Crippen LogP contribution in [0.25, 0.3) is 98.4 Å². The Morgan fingerprint density at radius 3 is 0.875 bits per heavy atom. The topological polar surface area (TPSA) is 89.9 Å². The SMILES string of the molecule is O=c1c2c(-c3ccccn3)cccc2c2c1c1c3cccc(-c4ccccn4)c3c(=O)c1c1c3cccc(-c4ccccn4)c3c(=O)c21. The summed E-state index contributed by atoms with van der Waals surface area (Å²) in [6, 6.07) is 33.8. The van der Waals surface area contributed by atoms with E-state index < -0.39 is 0 Å². The van der Waals surface area contributed by atoms with E-state index in [1.807, 2.05) is 109 Å². The molecule has 0 aliphatic heterocycles. The summed E-state index contributed by atoms with van der Waals surface area (Å²) in [5.41, 5.74) is 3.34. The third-order valence-corrected chi connectivity index (χ3v) is 9.69. The molecule has 0 atom stereocenters. The van der Waals surface area contributed by atoms with Gasteiger partial charge in [0, 0.05) is 83.8 Å². The van der Waals surface area contributed by atoms with E-state index in [0.717, 1.165) is 0 Å². The van der Waals surface area contributed by atoms with Crippen LogP contribution in [0.5, 0.6) is 0 Å². The van der Waals surface area contributed by atoms with E-state index in [9.17, 15) is 14.4 Å². The van der Waals surface area contributed by atoms with Crippen molar-refractivity contribution in [2.24, 2.45) is 0 Å². The second-order valence-corrected chi connectivity index (χ2v) is 12.1. The van der Waals surface area contributed by atoms with Crippen molar-refractivity contribution in [3.8, 4) is 33.8 Å². The summed E-state index contributed by atoms with van der Waals surface area (Å²) in [7, 11) is 0. The number of nitrogens with zero attached hydrogens (tertiary/aromatic N) is 3. The first-order valence-electron chi connectivity index (χ1n) is 15.7. The number of rotatable bonds is 3. The van der Waals surface area contributed by atoms with Crippen LogP contribution >= 0.6 is 0 Å². The summed E-state index contributed by atoms with van der Waals surface area (Å²) in [4.78, 5) is 58.4. The molecule has 0 aliphatic carbocycles. The molecule has 0 N–H and O–H groups in total. The van der Waals surface area contributed by atoms with Crippen LogP contribution in [0, 0.1) is 0 Å². The number of pyridine rings is 3. The van der Waals surface area contributed by atoms with Crippen LogP contribution in [-0.4, -0.2) is 15.0 Å². The van der Waals surface area contributed by atoms with Gasteiger partial charge >= 0.3 is 0 Å². The average molecular weight is 616 g/mol. The smallest absolute Gasteiger partial charge is 0.195 e. The Morgan fingerprint density at radius 1 is 0.292 bits per heavy atom. The minimum atomic E-state index is -0.224. The largest absolute Gasteiger partial charge is 0.289 e. The molecular formula is C42H21N3O3. The lowest BCUT2D eigenvalue weighted by Crippen LogP contribution is -2.01. The summed E-state index contributed by atoms with van der Waals surface area (Å²) in [6.07, 6.45) is 5.10. The lowest BCUT2D eigenvalue weighted by molar-refractivity contribution is 1.33. The fraction of sp³-hybridized carbons (Fsp3) is 0. The van der Waals surface area contributed by atoms with Crippen LogP contribution in [0.15, 0.2) is 142 Å². The quantitative estimate of drug-likeness (QED) is 0.199. The highest BCUT2D eigenvalue weighted by Crippen LogP contribution is 2.46. The van der Waals surface area contributed by atoms with Gasteiger partial charge in [-0.3, -0.25) is 29.3 Å². The van der Waals surface area contributed by atoms with Crippen LogP contribution < -0.4 is 16.3 Å². The molecule has 0 unspecified atom stereocenters. The molecule has 0 bridgehead atoms. The standard InChI is InChI=1S/C42H21N3O3/c46-40-31-22(28-16-1-4-19-43-28)10-7-13-25(31)34-37(40)35-26-14-8-11-23(29-17-2-5-20-44-29)32(26)42(48)39(35)36-27-15-9-12-24(30-18-3-6-21-45-30)33(27)41(47)38(34)36/h1-21H. The number of hydrogen-bond acceptors (Lipinski definition) is 6. The Hall–Kier alpha value is -6.66. The van der Waals surface area contributed by atoms with Gasteiger partial charge in [0.05, 0.1) is 17.1 Å². The minimum absolute atomic E-state index is 0.224. The second-order valence-electron chi connectivity index (χ2n) is 12.1. The summed E-state index contributed by atoms with van der Waals surface area (Å²) in [6.45, 7) is 0. The van der Waals surface area contributed by atoms with Crippen molar-refractivity contribution in [1.82, 2.24) is 15.0 Å². The molecule has 3 aromatic heterocycles. The van der Waals surface area contributed by atoms with Crippen molar-refractivity contribution in [2.75, 3.05) is 0 Å². The molecule has 0 amide bonds. The zero-order valence-electron chi connectivity index (χ0n) is 25.2. The molecule has 0 fully saturated rings. The highest BCUT2D eigenvalue weighted by molar-refractivity contribution is 6.44. The Morgan fingerprint density at radius 2 is 0.604 bits per heavy atom. The highest BCUT2D eigenvalue weighted by Gasteiger charge is 2.29. The first-order valence-corrected chi connectivity index (χ1v) is 15.7. The van der Waals surface area contributed by atoms with Gasteiger partial charge in [-0.2, -0.15) is 0 Å². The van der Waals surface area contributed by atoms with Crippen molar-refractivity contribution in [3.63, 3.8) is 0 Å². The van der Waals surface area contributed by atoms with Gasteiger partial charge in [0.1, 0.15) is 0 Å². The minimum Gasteiger partial charge on any atom is -0.289 e. The van der Waals surface area contributed by atoms with Crippen LogP contribution in [-0.2, 0) is 0 Å². The van der Waals surface area contributed by atoms with E-state index in [2.05, 4.69) is 15.0 Å². The molecule has 48 heavy (non-hydrogen) atoms. The lowest BCUT2D eigenvalue weighted by atomic mass is 9.98. The van der Waals surface area contributed by atoms with Crippen LogP contribution in [0.4, 0.5) is 0 Å². The Bertz CT molecular complexity index is 2730. The number of aromatic nitrogens is 3. The Balaban J connectivity index is 1.53. The van der Waals surface area contributed by atoms with Gasteiger partial charge in [-0.05, 0) is 52.6 Å². The summed E-state index contributed by atoms with van der Waals surface area (Å²) in [5, 5.41) is 6.30. The van der Waals surface area contributed by atoms with Crippen LogP contribution in [0.1, 0.15) is 0 Å². The summed E-state index contributed by atoms with van der Waals surface area (Å²) in [5.74, 6) is 0. The van der Waals surface area contributed by atoms with E-state index in [-0.39, 0.29) is 16.3 Å². The molecule has 6 nitrogen and oxygen atoms in total. The van der Waals surface area contributed by atoms with Crippen molar-refractivity contribution >= 4 is 64.6 Å². The monoisotopic (exact) mass is 615 g/mol. The van der Waals surface area contributed by atoms with E-state index in [1.165, 1.54) is 0 Å². The van der Waals surface area contributed by atoms with Crippen LogP contribution in [0.3, 0.4) is 0 Å². The van der Waals surface area contributed by atoms with Gasteiger partial charge in [0.25, 0.3) is 0 Å². The molecule has 3 heterocycles. The molecule has 7 aromatic carbocycles.